The van der Waals surface area contributed by atoms with E-state index in [0.29, 0.717) is 6.54 Å². The van der Waals surface area contributed by atoms with Crippen LogP contribution in [0.3, 0.4) is 0 Å². The van der Waals surface area contributed by atoms with Crippen molar-refractivity contribution in [2.75, 3.05) is 32.7 Å². The van der Waals surface area contributed by atoms with Gasteiger partial charge in [-0.25, -0.2) is 0 Å². The van der Waals surface area contributed by atoms with E-state index in [4.69, 9.17) is 17.3 Å². The van der Waals surface area contributed by atoms with Crippen molar-refractivity contribution in [2.24, 2.45) is 5.73 Å². The standard InChI is InChI=1S/C30H35ClN4O/c31-29-9-4-2-6-24(29)20-34-16-14-33(15-17-34)19-23-10-11-30-27(18-23)28(21-35(30)13-5-12-32)26-8-3-1-7-25(26)22-36/h1-4,6-11,18,21,36H,5,12-17,19-20,22,32H2. The van der Waals surface area contributed by atoms with Crippen molar-refractivity contribution in [3.05, 3.63) is 94.6 Å². The number of benzene rings is 3. The molecule has 1 aliphatic heterocycles. The fourth-order valence-electron chi connectivity index (χ4n) is 5.26. The molecule has 0 aliphatic carbocycles. The first-order chi connectivity index (χ1) is 17.7. The predicted octanol–water partition coefficient (Wildman–Crippen LogP) is 5.12. The van der Waals surface area contributed by atoms with E-state index in [0.717, 1.165) is 68.4 Å². The van der Waals surface area contributed by atoms with Crippen LogP contribution >= 0.6 is 11.6 Å². The fourth-order valence-corrected chi connectivity index (χ4v) is 5.45. The first-order valence-corrected chi connectivity index (χ1v) is 13.2. The number of aliphatic hydroxyl groups is 1. The molecule has 5 rings (SSSR count). The molecule has 188 valence electrons. The monoisotopic (exact) mass is 502 g/mol. The second kappa shape index (κ2) is 11.6. The summed E-state index contributed by atoms with van der Waals surface area (Å²) in [7, 11) is 0. The van der Waals surface area contributed by atoms with Crippen molar-refractivity contribution in [1.82, 2.24) is 14.4 Å². The number of aliphatic hydroxyl groups excluding tert-OH is 1. The molecule has 1 fully saturated rings. The molecule has 0 atom stereocenters. The molecule has 0 spiro atoms. The normalized spacial score (nSPS) is 15.1. The SMILES string of the molecule is NCCCn1cc(-c2ccccc2CO)c2cc(CN3CCN(Cc4ccccc4Cl)CC3)ccc21. The van der Waals surface area contributed by atoms with Crippen molar-refractivity contribution in [2.45, 2.75) is 32.7 Å². The third-order valence-corrected chi connectivity index (χ3v) is 7.62. The van der Waals surface area contributed by atoms with Gasteiger partial charge in [-0.15, -0.1) is 0 Å². The Morgan fingerprint density at radius 3 is 2.22 bits per heavy atom. The van der Waals surface area contributed by atoms with E-state index in [1.54, 1.807) is 0 Å². The maximum absolute atomic E-state index is 9.96. The van der Waals surface area contributed by atoms with Crippen molar-refractivity contribution in [3.63, 3.8) is 0 Å². The van der Waals surface area contributed by atoms with Crippen LogP contribution < -0.4 is 5.73 Å². The minimum absolute atomic E-state index is 0.0316. The first-order valence-electron chi connectivity index (χ1n) is 12.9. The Bertz CT molecular complexity index is 1310. The molecule has 0 saturated carbocycles. The van der Waals surface area contributed by atoms with E-state index in [9.17, 15) is 5.11 Å². The summed E-state index contributed by atoms with van der Waals surface area (Å²) in [6.45, 7) is 7.60. The highest BCUT2D eigenvalue weighted by Gasteiger charge is 2.19. The van der Waals surface area contributed by atoms with Gasteiger partial charge in [0.1, 0.15) is 0 Å². The van der Waals surface area contributed by atoms with Crippen LogP contribution in [0, 0.1) is 0 Å². The summed E-state index contributed by atoms with van der Waals surface area (Å²) < 4.78 is 2.31. The number of nitrogens with zero attached hydrogens (tertiary/aromatic N) is 3. The molecular formula is C30H35ClN4O. The molecule has 1 aromatic heterocycles. The maximum atomic E-state index is 9.96. The number of hydrogen-bond donors (Lipinski definition) is 2. The molecule has 2 heterocycles. The maximum Gasteiger partial charge on any atom is 0.0687 e. The van der Waals surface area contributed by atoms with Gasteiger partial charge in [0.25, 0.3) is 0 Å². The molecule has 5 nitrogen and oxygen atoms in total. The second-order valence-electron chi connectivity index (χ2n) is 9.69. The molecule has 1 aliphatic rings. The smallest absolute Gasteiger partial charge is 0.0687 e. The molecule has 0 bridgehead atoms. The van der Waals surface area contributed by atoms with Crippen LogP contribution in [0.5, 0.6) is 0 Å². The van der Waals surface area contributed by atoms with Gasteiger partial charge >= 0.3 is 0 Å². The molecule has 3 aromatic carbocycles. The van der Waals surface area contributed by atoms with E-state index in [1.807, 2.05) is 30.3 Å². The number of hydrogen-bond acceptors (Lipinski definition) is 4. The number of fused-ring (bicyclic) bond motifs is 1. The largest absolute Gasteiger partial charge is 0.392 e. The Labute approximate surface area is 218 Å². The summed E-state index contributed by atoms with van der Waals surface area (Å²) in [5, 5.41) is 12.1. The molecular weight excluding hydrogens is 468 g/mol. The van der Waals surface area contributed by atoms with Gasteiger partial charge in [-0.05, 0) is 53.4 Å². The van der Waals surface area contributed by atoms with Crippen LogP contribution in [0.1, 0.15) is 23.1 Å². The van der Waals surface area contributed by atoms with Gasteiger partial charge in [0.15, 0.2) is 0 Å². The third-order valence-electron chi connectivity index (χ3n) is 7.25. The molecule has 0 unspecified atom stereocenters. The molecule has 0 radical (unpaired) electrons. The van der Waals surface area contributed by atoms with E-state index < -0.39 is 0 Å². The predicted molar refractivity (Wildman–Crippen MR) is 149 cm³/mol. The highest BCUT2D eigenvalue weighted by atomic mass is 35.5. The number of halogens is 1. The highest BCUT2D eigenvalue weighted by molar-refractivity contribution is 6.31. The lowest BCUT2D eigenvalue weighted by atomic mass is 9.98. The lowest BCUT2D eigenvalue weighted by Crippen LogP contribution is -2.45. The average Bonchev–Trinajstić information content (AvgIpc) is 3.27. The quantitative estimate of drug-likeness (QED) is 0.333. The van der Waals surface area contributed by atoms with E-state index >= 15 is 0 Å². The zero-order valence-corrected chi connectivity index (χ0v) is 21.5. The zero-order chi connectivity index (χ0) is 24.9. The lowest BCUT2D eigenvalue weighted by Gasteiger charge is -2.35. The van der Waals surface area contributed by atoms with Crippen LogP contribution in [0.15, 0.2) is 72.9 Å². The Hall–Kier alpha value is -2.67. The number of piperazine rings is 1. The van der Waals surface area contributed by atoms with Gasteiger partial charge in [0, 0.05) is 73.5 Å². The molecule has 4 aromatic rings. The summed E-state index contributed by atoms with van der Waals surface area (Å²) in [6, 6.07) is 23.1. The van der Waals surface area contributed by atoms with Gasteiger partial charge in [-0.3, -0.25) is 9.80 Å². The molecule has 1 saturated heterocycles. The number of aromatic nitrogens is 1. The summed E-state index contributed by atoms with van der Waals surface area (Å²) >= 11 is 6.37. The van der Waals surface area contributed by atoms with Crippen LogP contribution in [0.25, 0.3) is 22.0 Å². The summed E-state index contributed by atoms with van der Waals surface area (Å²) in [4.78, 5) is 5.03. The summed E-state index contributed by atoms with van der Waals surface area (Å²) in [6.07, 6.45) is 3.16. The summed E-state index contributed by atoms with van der Waals surface area (Å²) in [5.74, 6) is 0. The minimum Gasteiger partial charge on any atom is -0.392 e. The Morgan fingerprint density at radius 1 is 0.806 bits per heavy atom. The van der Waals surface area contributed by atoms with Crippen LogP contribution in [0.4, 0.5) is 0 Å². The Balaban J connectivity index is 1.34. The van der Waals surface area contributed by atoms with Crippen molar-refractivity contribution in [1.29, 1.82) is 0 Å². The van der Waals surface area contributed by atoms with Gasteiger partial charge in [0.05, 0.1) is 6.61 Å². The zero-order valence-electron chi connectivity index (χ0n) is 20.7. The first kappa shape index (κ1) is 25.0. The number of aryl methyl sites for hydroxylation is 1. The molecule has 3 N–H and O–H groups in total. The fraction of sp³-hybridized carbons (Fsp3) is 0.333. The molecule has 36 heavy (non-hydrogen) atoms. The minimum atomic E-state index is 0.0316. The average molecular weight is 503 g/mol. The van der Waals surface area contributed by atoms with Gasteiger partial charge in [-0.2, -0.15) is 0 Å². The van der Waals surface area contributed by atoms with E-state index in [-0.39, 0.29) is 6.61 Å². The van der Waals surface area contributed by atoms with Gasteiger partial charge in [0.2, 0.25) is 0 Å². The van der Waals surface area contributed by atoms with Crippen molar-refractivity contribution in [3.8, 4) is 11.1 Å². The van der Waals surface area contributed by atoms with E-state index in [1.165, 1.54) is 27.6 Å². The second-order valence-corrected chi connectivity index (χ2v) is 10.1. The highest BCUT2D eigenvalue weighted by Crippen LogP contribution is 2.34. The van der Waals surface area contributed by atoms with Crippen molar-refractivity contribution >= 4 is 22.5 Å². The number of nitrogens with two attached hydrogens (primary N) is 1. The van der Waals surface area contributed by atoms with Crippen LogP contribution in [-0.2, 0) is 26.2 Å². The lowest BCUT2D eigenvalue weighted by molar-refractivity contribution is 0.122. The molecule has 0 amide bonds. The summed E-state index contributed by atoms with van der Waals surface area (Å²) in [5.41, 5.74) is 12.8. The van der Waals surface area contributed by atoms with Crippen LogP contribution in [-0.4, -0.2) is 52.2 Å². The van der Waals surface area contributed by atoms with E-state index in [2.05, 4.69) is 57.0 Å². The number of rotatable bonds is 9. The Kier molecular flexibility index (Phi) is 8.05. The topological polar surface area (TPSA) is 57.7 Å². The van der Waals surface area contributed by atoms with Crippen molar-refractivity contribution < 1.29 is 5.11 Å². The Morgan fingerprint density at radius 2 is 1.50 bits per heavy atom. The van der Waals surface area contributed by atoms with Gasteiger partial charge < -0.3 is 15.4 Å². The van der Waals surface area contributed by atoms with Gasteiger partial charge in [-0.1, -0.05) is 60.1 Å². The third kappa shape index (κ3) is 5.51. The molecule has 6 heteroatoms. The van der Waals surface area contributed by atoms with Crippen LogP contribution in [0.2, 0.25) is 5.02 Å².